The molecule has 1 fully saturated rings. The number of amides is 1. The summed E-state index contributed by atoms with van der Waals surface area (Å²) in [6, 6.07) is 10.4. The summed E-state index contributed by atoms with van der Waals surface area (Å²) in [6.45, 7) is 6.01. The first-order valence-electron chi connectivity index (χ1n) is 9.32. The lowest BCUT2D eigenvalue weighted by Gasteiger charge is -2.36. The quantitative estimate of drug-likeness (QED) is 0.863. The van der Waals surface area contributed by atoms with E-state index in [-0.39, 0.29) is 5.91 Å². The number of rotatable bonds is 3. The maximum Gasteiger partial charge on any atom is 0.244 e. The van der Waals surface area contributed by atoms with Crippen molar-refractivity contribution in [3.8, 4) is 0 Å². The molecule has 2 aliphatic rings. The summed E-state index contributed by atoms with van der Waals surface area (Å²) in [5, 5.41) is 4.64. The normalized spacial score (nSPS) is 20.4. The predicted octanol–water partition coefficient (Wildman–Crippen LogP) is 2.36. The summed E-state index contributed by atoms with van der Waals surface area (Å²) in [5.41, 5.74) is 3.77. The van der Waals surface area contributed by atoms with E-state index in [1.165, 1.54) is 23.4 Å². The van der Waals surface area contributed by atoms with Crippen LogP contribution >= 0.6 is 0 Å². The highest BCUT2D eigenvalue weighted by Crippen LogP contribution is 2.24. The molecule has 5 heteroatoms. The molecule has 4 rings (SSSR count). The van der Waals surface area contributed by atoms with Gasteiger partial charge < -0.3 is 9.80 Å². The van der Waals surface area contributed by atoms with E-state index in [2.05, 4.69) is 47.4 Å². The average molecular weight is 338 g/mol. The van der Waals surface area contributed by atoms with E-state index in [1.807, 2.05) is 15.6 Å². The van der Waals surface area contributed by atoms with Gasteiger partial charge in [0.05, 0.1) is 5.69 Å². The molecule has 1 atom stereocenters. The van der Waals surface area contributed by atoms with Crippen LogP contribution < -0.4 is 4.90 Å². The third-order valence-corrected chi connectivity index (χ3v) is 5.42. The number of carbonyl (C=O) groups is 1. The molecule has 0 spiro atoms. The maximum atomic E-state index is 12.6. The largest absolute Gasteiger partial charge is 0.368 e. The highest BCUT2D eigenvalue weighted by Gasteiger charge is 2.23. The molecule has 5 nitrogen and oxygen atoms in total. The summed E-state index contributed by atoms with van der Waals surface area (Å²) in [5.74, 6) is 0.910. The zero-order valence-corrected chi connectivity index (χ0v) is 14.9. The van der Waals surface area contributed by atoms with E-state index in [0.717, 1.165) is 44.9 Å². The number of aromatic nitrogens is 2. The first-order chi connectivity index (χ1) is 12.2. The van der Waals surface area contributed by atoms with Crippen LogP contribution in [0.2, 0.25) is 0 Å². The molecule has 2 heterocycles. The minimum atomic E-state index is 0.181. The minimum Gasteiger partial charge on any atom is -0.368 e. The van der Waals surface area contributed by atoms with Crippen molar-refractivity contribution in [2.45, 2.75) is 32.7 Å². The molecule has 1 aliphatic heterocycles. The van der Waals surface area contributed by atoms with E-state index >= 15 is 0 Å². The van der Waals surface area contributed by atoms with Gasteiger partial charge in [0.25, 0.3) is 0 Å². The van der Waals surface area contributed by atoms with Crippen LogP contribution in [0.15, 0.2) is 36.5 Å². The molecule has 25 heavy (non-hydrogen) atoms. The van der Waals surface area contributed by atoms with Crippen molar-refractivity contribution in [3.05, 3.63) is 47.8 Å². The molecule has 1 aromatic heterocycles. The third-order valence-electron chi connectivity index (χ3n) is 5.42. The third kappa shape index (κ3) is 3.55. The SMILES string of the molecule is CC1CCc2nn(CC(=O)N3CCN(c4ccccc4)CC3)cc2C1. The van der Waals surface area contributed by atoms with Crippen LogP contribution in [0.3, 0.4) is 0 Å². The topological polar surface area (TPSA) is 41.4 Å². The van der Waals surface area contributed by atoms with Crippen molar-refractivity contribution >= 4 is 11.6 Å². The maximum absolute atomic E-state index is 12.6. The van der Waals surface area contributed by atoms with Gasteiger partial charge in [-0.05, 0) is 42.9 Å². The molecule has 2 aromatic rings. The molecule has 0 N–H and O–H groups in total. The Morgan fingerprint density at radius 3 is 2.68 bits per heavy atom. The Labute approximate surface area is 149 Å². The van der Waals surface area contributed by atoms with E-state index < -0.39 is 0 Å². The Hall–Kier alpha value is -2.30. The number of piperazine rings is 1. The highest BCUT2D eigenvalue weighted by atomic mass is 16.2. The smallest absolute Gasteiger partial charge is 0.244 e. The van der Waals surface area contributed by atoms with Gasteiger partial charge in [-0.3, -0.25) is 9.48 Å². The number of para-hydroxylation sites is 1. The standard InChI is InChI=1S/C20H26N4O/c1-16-7-8-19-17(13-16)14-24(21-19)15-20(25)23-11-9-22(10-12-23)18-5-3-2-4-6-18/h2-6,14,16H,7-13,15H2,1H3. The zero-order valence-electron chi connectivity index (χ0n) is 14.9. The Morgan fingerprint density at radius 1 is 1.16 bits per heavy atom. The molecule has 1 unspecified atom stereocenters. The number of carbonyl (C=O) groups excluding carboxylic acids is 1. The fourth-order valence-electron chi connectivity index (χ4n) is 3.92. The second kappa shape index (κ2) is 6.90. The number of hydrogen-bond donors (Lipinski definition) is 0. The molecular formula is C20H26N4O. The molecule has 1 saturated heterocycles. The van der Waals surface area contributed by atoms with Gasteiger partial charge in [0.1, 0.15) is 6.54 Å². The van der Waals surface area contributed by atoms with Gasteiger partial charge >= 0.3 is 0 Å². The van der Waals surface area contributed by atoms with Crippen molar-refractivity contribution < 1.29 is 4.79 Å². The second-order valence-electron chi connectivity index (χ2n) is 7.35. The van der Waals surface area contributed by atoms with E-state index in [1.54, 1.807) is 0 Å². The van der Waals surface area contributed by atoms with E-state index in [4.69, 9.17) is 0 Å². The van der Waals surface area contributed by atoms with Gasteiger partial charge in [-0.2, -0.15) is 5.10 Å². The van der Waals surface area contributed by atoms with Crippen LogP contribution in [0.25, 0.3) is 0 Å². The van der Waals surface area contributed by atoms with Crippen LogP contribution in [0.4, 0.5) is 5.69 Å². The predicted molar refractivity (Wildman–Crippen MR) is 98.7 cm³/mol. The molecule has 0 bridgehead atoms. The molecule has 132 valence electrons. The lowest BCUT2D eigenvalue weighted by molar-refractivity contribution is -0.132. The van der Waals surface area contributed by atoms with Crippen molar-refractivity contribution in [2.24, 2.45) is 5.92 Å². The first-order valence-corrected chi connectivity index (χ1v) is 9.32. The van der Waals surface area contributed by atoms with Crippen molar-refractivity contribution in [1.29, 1.82) is 0 Å². The fraction of sp³-hybridized carbons (Fsp3) is 0.500. The van der Waals surface area contributed by atoms with Gasteiger partial charge in [-0.15, -0.1) is 0 Å². The minimum absolute atomic E-state index is 0.181. The summed E-state index contributed by atoms with van der Waals surface area (Å²) >= 11 is 0. The van der Waals surface area contributed by atoms with Crippen molar-refractivity contribution in [3.63, 3.8) is 0 Å². The van der Waals surface area contributed by atoms with Crippen LogP contribution in [0.1, 0.15) is 24.6 Å². The monoisotopic (exact) mass is 338 g/mol. The summed E-state index contributed by atoms with van der Waals surface area (Å²) in [4.78, 5) is 17.0. The Morgan fingerprint density at radius 2 is 1.92 bits per heavy atom. The van der Waals surface area contributed by atoms with E-state index in [0.29, 0.717) is 6.54 Å². The van der Waals surface area contributed by atoms with Gasteiger partial charge in [0, 0.05) is 38.1 Å². The first kappa shape index (κ1) is 16.2. The van der Waals surface area contributed by atoms with Crippen molar-refractivity contribution in [1.82, 2.24) is 14.7 Å². The summed E-state index contributed by atoms with van der Waals surface area (Å²) in [6.07, 6.45) is 5.44. The number of aryl methyl sites for hydroxylation is 1. The lowest BCUT2D eigenvalue weighted by Crippen LogP contribution is -2.49. The summed E-state index contributed by atoms with van der Waals surface area (Å²) < 4.78 is 1.86. The number of nitrogens with zero attached hydrogens (tertiary/aromatic N) is 4. The van der Waals surface area contributed by atoms with Gasteiger partial charge in [0.15, 0.2) is 0 Å². The van der Waals surface area contributed by atoms with Crippen molar-refractivity contribution in [2.75, 3.05) is 31.1 Å². The number of fused-ring (bicyclic) bond motifs is 1. The zero-order chi connectivity index (χ0) is 17.2. The van der Waals surface area contributed by atoms with Crippen LogP contribution in [-0.4, -0.2) is 46.8 Å². The van der Waals surface area contributed by atoms with Gasteiger partial charge in [0.2, 0.25) is 5.91 Å². The second-order valence-corrected chi connectivity index (χ2v) is 7.35. The van der Waals surface area contributed by atoms with Crippen LogP contribution in [0, 0.1) is 5.92 Å². The molecule has 0 saturated carbocycles. The molecule has 1 aliphatic carbocycles. The fourth-order valence-corrected chi connectivity index (χ4v) is 3.92. The Bertz CT molecular complexity index is 731. The van der Waals surface area contributed by atoms with Gasteiger partial charge in [-0.25, -0.2) is 0 Å². The lowest BCUT2D eigenvalue weighted by atomic mass is 9.89. The Kier molecular flexibility index (Phi) is 4.47. The van der Waals surface area contributed by atoms with E-state index in [9.17, 15) is 4.79 Å². The van der Waals surface area contributed by atoms with Crippen LogP contribution in [0.5, 0.6) is 0 Å². The van der Waals surface area contributed by atoms with Gasteiger partial charge in [-0.1, -0.05) is 25.1 Å². The number of benzene rings is 1. The highest BCUT2D eigenvalue weighted by molar-refractivity contribution is 5.76. The average Bonchev–Trinajstić information content (AvgIpc) is 3.04. The molecule has 1 aromatic carbocycles. The number of hydrogen-bond acceptors (Lipinski definition) is 3. The molecule has 0 radical (unpaired) electrons. The Balaban J connectivity index is 1.34. The molecule has 1 amide bonds. The summed E-state index contributed by atoms with van der Waals surface area (Å²) in [7, 11) is 0. The molecular weight excluding hydrogens is 312 g/mol. The van der Waals surface area contributed by atoms with Crippen LogP contribution in [-0.2, 0) is 24.2 Å². The number of anilines is 1.